The Balaban J connectivity index is 1.40. The Hall–Kier alpha value is -3.55. The summed E-state index contributed by atoms with van der Waals surface area (Å²) in [5, 5.41) is 15.4. The van der Waals surface area contributed by atoms with Crippen molar-refractivity contribution in [3.05, 3.63) is 82.3 Å². The predicted molar refractivity (Wildman–Crippen MR) is 133 cm³/mol. The van der Waals surface area contributed by atoms with Crippen LogP contribution in [-0.4, -0.2) is 40.5 Å². The highest BCUT2D eigenvalue weighted by Crippen LogP contribution is 2.27. The molecule has 3 aromatic carbocycles. The van der Waals surface area contributed by atoms with Crippen LogP contribution in [0.25, 0.3) is 11.1 Å². The van der Waals surface area contributed by atoms with E-state index in [0.29, 0.717) is 40.8 Å². The van der Waals surface area contributed by atoms with Crippen LogP contribution in [0.3, 0.4) is 0 Å². The van der Waals surface area contributed by atoms with Gasteiger partial charge in [0.2, 0.25) is 5.91 Å². The van der Waals surface area contributed by atoms with Crippen molar-refractivity contribution in [2.45, 2.75) is 18.9 Å². The van der Waals surface area contributed by atoms with Gasteiger partial charge in [0.15, 0.2) is 0 Å². The molecule has 34 heavy (non-hydrogen) atoms. The monoisotopic (exact) mass is 497 g/mol. The smallest absolute Gasteiger partial charge is 0.335 e. The number of carboxylic acids is 1. The van der Waals surface area contributed by atoms with Crippen molar-refractivity contribution < 1.29 is 19.5 Å². The molecule has 3 aromatic rings. The molecule has 0 unspecified atom stereocenters. The molecule has 0 spiro atoms. The van der Waals surface area contributed by atoms with Gasteiger partial charge in [-0.3, -0.25) is 4.79 Å². The van der Waals surface area contributed by atoms with Crippen molar-refractivity contribution in [3.8, 4) is 11.1 Å². The lowest BCUT2D eigenvalue weighted by Crippen LogP contribution is -2.45. The van der Waals surface area contributed by atoms with Crippen LogP contribution in [0.15, 0.2) is 66.7 Å². The molecule has 0 radical (unpaired) electrons. The third-order valence-electron chi connectivity index (χ3n) is 5.61. The number of benzene rings is 3. The lowest BCUT2D eigenvalue weighted by atomic mass is 10.0. The number of likely N-dealkylation sites (tertiary alicyclic amines) is 1. The SMILES string of the molecule is O=C(O)c1ccc(-c2ccc(NC(=O)[C@H]3CCCN3C(=O)Nc3ccc(Cl)cc3Cl)cc2)cc1. The number of nitrogens with one attached hydrogen (secondary N) is 2. The molecular formula is C25H21Cl2N3O4. The summed E-state index contributed by atoms with van der Waals surface area (Å²) < 4.78 is 0. The van der Waals surface area contributed by atoms with Gasteiger partial charge in [0.05, 0.1) is 16.3 Å². The van der Waals surface area contributed by atoms with Crippen LogP contribution in [0.2, 0.25) is 10.0 Å². The van der Waals surface area contributed by atoms with Crippen molar-refractivity contribution >= 4 is 52.5 Å². The average Bonchev–Trinajstić information content (AvgIpc) is 3.32. The van der Waals surface area contributed by atoms with Crippen LogP contribution in [-0.2, 0) is 4.79 Å². The fourth-order valence-electron chi connectivity index (χ4n) is 3.84. The molecular weight excluding hydrogens is 477 g/mol. The van der Waals surface area contributed by atoms with E-state index in [9.17, 15) is 14.4 Å². The van der Waals surface area contributed by atoms with Gasteiger partial charge in [0.25, 0.3) is 0 Å². The fourth-order valence-corrected chi connectivity index (χ4v) is 4.29. The quantitative estimate of drug-likeness (QED) is 0.402. The Morgan fingerprint density at radius 1 is 0.882 bits per heavy atom. The summed E-state index contributed by atoms with van der Waals surface area (Å²) in [7, 11) is 0. The Labute approximate surface area is 206 Å². The molecule has 0 bridgehead atoms. The largest absolute Gasteiger partial charge is 0.478 e. The topological polar surface area (TPSA) is 98.7 Å². The van der Waals surface area contributed by atoms with E-state index >= 15 is 0 Å². The van der Waals surface area contributed by atoms with Gasteiger partial charge in [0, 0.05) is 17.3 Å². The summed E-state index contributed by atoms with van der Waals surface area (Å²) in [5.74, 6) is -1.25. The van der Waals surface area contributed by atoms with E-state index in [1.54, 1.807) is 48.5 Å². The first-order valence-corrected chi connectivity index (χ1v) is 11.3. The summed E-state index contributed by atoms with van der Waals surface area (Å²) in [6, 6.07) is 17.6. The molecule has 9 heteroatoms. The minimum Gasteiger partial charge on any atom is -0.478 e. The van der Waals surface area contributed by atoms with Crippen molar-refractivity contribution in [2.75, 3.05) is 17.2 Å². The molecule has 1 aliphatic heterocycles. The summed E-state index contributed by atoms with van der Waals surface area (Å²) in [6.45, 7) is 0.459. The van der Waals surface area contributed by atoms with Gasteiger partial charge in [0.1, 0.15) is 6.04 Å². The van der Waals surface area contributed by atoms with E-state index in [0.717, 1.165) is 11.1 Å². The Morgan fingerprint density at radius 3 is 2.15 bits per heavy atom. The van der Waals surface area contributed by atoms with E-state index < -0.39 is 18.0 Å². The number of hydrogen-bond donors (Lipinski definition) is 3. The minimum atomic E-state index is -0.976. The Kier molecular flexibility index (Phi) is 7.05. The van der Waals surface area contributed by atoms with Crippen molar-refractivity contribution in [1.82, 2.24) is 4.90 Å². The maximum atomic E-state index is 12.9. The lowest BCUT2D eigenvalue weighted by Gasteiger charge is -2.24. The number of carboxylic acid groups (broad SMARTS) is 1. The highest BCUT2D eigenvalue weighted by atomic mass is 35.5. The van der Waals surface area contributed by atoms with Gasteiger partial charge < -0.3 is 20.6 Å². The van der Waals surface area contributed by atoms with Gasteiger partial charge in [-0.15, -0.1) is 0 Å². The van der Waals surface area contributed by atoms with E-state index in [4.69, 9.17) is 28.3 Å². The van der Waals surface area contributed by atoms with Crippen LogP contribution in [0.1, 0.15) is 23.2 Å². The maximum absolute atomic E-state index is 12.9. The average molecular weight is 498 g/mol. The number of urea groups is 1. The number of anilines is 2. The first-order valence-electron chi connectivity index (χ1n) is 10.6. The van der Waals surface area contributed by atoms with Crippen LogP contribution < -0.4 is 10.6 Å². The molecule has 1 aliphatic rings. The number of rotatable bonds is 5. The molecule has 1 saturated heterocycles. The number of halogens is 2. The maximum Gasteiger partial charge on any atom is 0.335 e. The molecule has 3 N–H and O–H groups in total. The summed E-state index contributed by atoms with van der Waals surface area (Å²) in [4.78, 5) is 38.2. The number of hydrogen-bond acceptors (Lipinski definition) is 3. The van der Waals surface area contributed by atoms with Crippen LogP contribution >= 0.6 is 23.2 Å². The Morgan fingerprint density at radius 2 is 1.53 bits per heavy atom. The molecule has 1 fully saturated rings. The number of carbonyl (C=O) groups is 3. The van der Waals surface area contributed by atoms with Crippen LogP contribution in [0.5, 0.6) is 0 Å². The number of nitrogens with zero attached hydrogens (tertiary/aromatic N) is 1. The summed E-state index contributed by atoms with van der Waals surface area (Å²) in [6.07, 6.45) is 1.27. The number of amides is 3. The van der Waals surface area contributed by atoms with E-state index in [1.807, 2.05) is 12.1 Å². The number of carbonyl (C=O) groups excluding carboxylic acids is 2. The van der Waals surface area contributed by atoms with Gasteiger partial charge >= 0.3 is 12.0 Å². The first-order chi connectivity index (χ1) is 16.3. The van der Waals surface area contributed by atoms with Gasteiger partial charge in [-0.05, 0) is 66.4 Å². The third kappa shape index (κ3) is 5.32. The zero-order chi connectivity index (χ0) is 24.2. The van der Waals surface area contributed by atoms with E-state index in [1.165, 1.54) is 11.0 Å². The highest BCUT2D eigenvalue weighted by molar-refractivity contribution is 6.36. The fraction of sp³-hybridized carbons (Fsp3) is 0.160. The van der Waals surface area contributed by atoms with Crippen molar-refractivity contribution in [2.24, 2.45) is 0 Å². The molecule has 0 aromatic heterocycles. The zero-order valence-electron chi connectivity index (χ0n) is 17.9. The number of aromatic carboxylic acids is 1. The zero-order valence-corrected chi connectivity index (χ0v) is 19.4. The lowest BCUT2D eigenvalue weighted by molar-refractivity contribution is -0.119. The summed E-state index contributed by atoms with van der Waals surface area (Å²) >= 11 is 12.0. The highest BCUT2D eigenvalue weighted by Gasteiger charge is 2.34. The third-order valence-corrected chi connectivity index (χ3v) is 6.15. The summed E-state index contributed by atoms with van der Waals surface area (Å²) in [5.41, 5.74) is 2.99. The molecule has 7 nitrogen and oxygen atoms in total. The standard InChI is InChI=1S/C25H21Cl2N3O4/c26-18-9-12-21(20(27)14-18)29-25(34)30-13-1-2-22(30)23(31)28-19-10-7-16(8-11-19)15-3-5-17(6-4-15)24(32)33/h3-12,14,22H,1-2,13H2,(H,28,31)(H,29,34)(H,32,33)/t22-/m1/s1. The van der Waals surface area contributed by atoms with E-state index in [2.05, 4.69) is 10.6 Å². The minimum absolute atomic E-state index is 0.219. The van der Waals surface area contributed by atoms with Crippen LogP contribution in [0, 0.1) is 0 Å². The molecule has 3 amide bonds. The van der Waals surface area contributed by atoms with Gasteiger partial charge in [-0.2, -0.15) is 0 Å². The molecule has 1 heterocycles. The second-order valence-corrected chi connectivity index (χ2v) is 8.70. The van der Waals surface area contributed by atoms with Crippen molar-refractivity contribution in [1.29, 1.82) is 0 Å². The first kappa shape index (κ1) is 23.6. The second kappa shape index (κ2) is 10.2. The van der Waals surface area contributed by atoms with Crippen LogP contribution in [0.4, 0.5) is 16.2 Å². The van der Waals surface area contributed by atoms with Gasteiger partial charge in [-0.25, -0.2) is 9.59 Å². The molecule has 0 aliphatic carbocycles. The second-order valence-electron chi connectivity index (χ2n) is 7.85. The molecule has 1 atom stereocenters. The Bertz CT molecular complexity index is 1230. The molecule has 0 saturated carbocycles. The predicted octanol–water partition coefficient (Wildman–Crippen LogP) is 5.99. The normalized spacial score (nSPS) is 15.1. The molecule has 4 rings (SSSR count). The molecule has 174 valence electrons. The van der Waals surface area contributed by atoms with Crippen molar-refractivity contribution in [3.63, 3.8) is 0 Å². The van der Waals surface area contributed by atoms with Gasteiger partial charge in [-0.1, -0.05) is 47.5 Å². The van der Waals surface area contributed by atoms with E-state index in [-0.39, 0.29) is 11.5 Å².